The van der Waals surface area contributed by atoms with Crippen LogP contribution < -0.4 is 0 Å². The number of Topliss-reactive ketones (excluding diaryl/α,β-unsaturated/α-hetero) is 1. The second kappa shape index (κ2) is 8.53. The first-order valence-electron chi connectivity index (χ1n) is 12.1. The SMILES string of the molecule is C[C@]12CCC(=O)C=C1[C@H](O)C[C@@H]1[C@@H]2[C@@H](O)C[C@@]2(C)[C@H]1CC[C@]2(O)C(=O)COC(=O)CCC(=O)O. The highest BCUT2D eigenvalue weighted by molar-refractivity contribution is 5.92. The average Bonchev–Trinajstić information content (AvgIpc) is 3.03. The molecule has 0 aromatic rings. The number of rotatable bonds is 6. The predicted octanol–water partition coefficient (Wildman–Crippen LogP) is 1.17. The van der Waals surface area contributed by atoms with E-state index >= 15 is 0 Å². The highest BCUT2D eigenvalue weighted by Gasteiger charge is 2.69. The topological polar surface area (TPSA) is 158 Å². The van der Waals surface area contributed by atoms with Crippen LogP contribution in [0.25, 0.3) is 0 Å². The van der Waals surface area contributed by atoms with Gasteiger partial charge in [-0.2, -0.15) is 0 Å². The monoisotopic (exact) mass is 478 g/mol. The Labute approximate surface area is 198 Å². The van der Waals surface area contributed by atoms with Crippen molar-refractivity contribution in [1.82, 2.24) is 0 Å². The number of carbonyl (C=O) groups excluding carboxylic acids is 3. The summed E-state index contributed by atoms with van der Waals surface area (Å²) in [6, 6.07) is 0. The van der Waals surface area contributed by atoms with Crippen LogP contribution in [0, 0.1) is 28.6 Å². The molecule has 0 amide bonds. The largest absolute Gasteiger partial charge is 0.481 e. The number of esters is 1. The highest BCUT2D eigenvalue weighted by atomic mass is 16.5. The van der Waals surface area contributed by atoms with Crippen LogP contribution in [0.4, 0.5) is 0 Å². The van der Waals surface area contributed by atoms with E-state index < -0.39 is 59.4 Å². The summed E-state index contributed by atoms with van der Waals surface area (Å²) in [4.78, 5) is 47.6. The summed E-state index contributed by atoms with van der Waals surface area (Å²) in [5.74, 6) is -3.11. The fourth-order valence-electron chi connectivity index (χ4n) is 7.75. The summed E-state index contributed by atoms with van der Waals surface area (Å²) in [6.45, 7) is 3.13. The fourth-order valence-corrected chi connectivity index (χ4v) is 7.75. The van der Waals surface area contributed by atoms with E-state index in [2.05, 4.69) is 0 Å². The molecule has 8 atom stereocenters. The number of ketones is 2. The molecule has 34 heavy (non-hydrogen) atoms. The molecule has 4 N–H and O–H groups in total. The molecular weight excluding hydrogens is 444 g/mol. The van der Waals surface area contributed by atoms with Gasteiger partial charge in [-0.25, -0.2) is 0 Å². The molecule has 9 nitrogen and oxygen atoms in total. The molecular formula is C25H34O9. The predicted molar refractivity (Wildman–Crippen MR) is 117 cm³/mol. The minimum Gasteiger partial charge on any atom is -0.481 e. The Balaban J connectivity index is 1.56. The lowest BCUT2D eigenvalue weighted by molar-refractivity contribution is -0.189. The number of aliphatic carboxylic acids is 1. The van der Waals surface area contributed by atoms with Crippen molar-refractivity contribution in [2.75, 3.05) is 6.61 Å². The number of ether oxygens (including phenoxy) is 1. The molecule has 4 aliphatic carbocycles. The number of carbonyl (C=O) groups is 4. The van der Waals surface area contributed by atoms with Gasteiger partial charge in [-0.15, -0.1) is 0 Å². The summed E-state index contributed by atoms with van der Waals surface area (Å²) in [5, 5.41) is 42.6. The molecule has 188 valence electrons. The third kappa shape index (κ3) is 3.72. The molecule has 0 heterocycles. The molecule has 0 bridgehead atoms. The smallest absolute Gasteiger partial charge is 0.306 e. The standard InChI is InChI=1S/C25H34O9/c1-23-7-5-13(26)9-16(23)17(27)10-14-15-6-8-25(33,24(15,2)11-18(28)22(14)23)19(29)12-34-21(32)4-3-20(30)31/h9,14-15,17-18,22,27-28,33H,3-8,10-12H2,1-2H3,(H,30,31)/t14-,15-,17+,18-,22+,23-,24-,25-/m0/s1. The molecule has 0 aromatic carbocycles. The third-order valence-electron chi connectivity index (χ3n) is 9.43. The maximum Gasteiger partial charge on any atom is 0.306 e. The maximum absolute atomic E-state index is 13.1. The van der Waals surface area contributed by atoms with Crippen molar-refractivity contribution in [3.05, 3.63) is 11.6 Å². The molecule has 0 aromatic heterocycles. The van der Waals surface area contributed by atoms with Gasteiger partial charge in [0.15, 0.2) is 12.4 Å². The van der Waals surface area contributed by atoms with Gasteiger partial charge in [0.05, 0.1) is 25.0 Å². The number of fused-ring (bicyclic) bond motifs is 5. The molecule has 0 saturated heterocycles. The lowest BCUT2D eigenvalue weighted by atomic mass is 9.45. The molecule has 9 heteroatoms. The molecule has 3 saturated carbocycles. The molecule has 0 unspecified atom stereocenters. The second-order valence-corrected chi connectivity index (χ2v) is 11.1. The number of carboxylic acids is 1. The van der Waals surface area contributed by atoms with Crippen molar-refractivity contribution >= 4 is 23.5 Å². The Bertz CT molecular complexity index is 941. The number of hydrogen-bond donors (Lipinski definition) is 4. The first-order valence-corrected chi connectivity index (χ1v) is 12.1. The number of aliphatic hydroxyl groups is 3. The van der Waals surface area contributed by atoms with Crippen LogP contribution in [0.3, 0.4) is 0 Å². The van der Waals surface area contributed by atoms with E-state index in [1.807, 2.05) is 6.92 Å². The Hall–Kier alpha value is -2.10. The van der Waals surface area contributed by atoms with Gasteiger partial charge in [-0.1, -0.05) is 13.8 Å². The van der Waals surface area contributed by atoms with Crippen molar-refractivity contribution < 1.29 is 44.3 Å². The van der Waals surface area contributed by atoms with Gasteiger partial charge in [-0.3, -0.25) is 19.2 Å². The lowest BCUT2D eigenvalue weighted by Crippen LogP contribution is -2.63. The van der Waals surface area contributed by atoms with E-state index in [0.29, 0.717) is 31.3 Å². The summed E-state index contributed by atoms with van der Waals surface area (Å²) in [6.07, 6.45) is 1.24. The Morgan fingerprint density at radius 2 is 1.85 bits per heavy atom. The van der Waals surface area contributed by atoms with E-state index in [0.717, 1.165) is 0 Å². The summed E-state index contributed by atoms with van der Waals surface area (Å²) in [5.41, 5.74) is -2.62. The Morgan fingerprint density at radius 1 is 1.15 bits per heavy atom. The van der Waals surface area contributed by atoms with Gasteiger partial charge in [0.2, 0.25) is 5.78 Å². The van der Waals surface area contributed by atoms with Crippen LogP contribution in [0.2, 0.25) is 0 Å². The summed E-state index contributed by atoms with van der Waals surface area (Å²) in [7, 11) is 0. The van der Waals surface area contributed by atoms with Gasteiger partial charge >= 0.3 is 11.9 Å². The minimum absolute atomic E-state index is 0.0150. The van der Waals surface area contributed by atoms with E-state index in [1.165, 1.54) is 6.08 Å². The number of aliphatic hydroxyl groups excluding tert-OH is 2. The van der Waals surface area contributed by atoms with Gasteiger partial charge in [0.25, 0.3) is 0 Å². The Morgan fingerprint density at radius 3 is 2.53 bits per heavy atom. The maximum atomic E-state index is 13.1. The quantitative estimate of drug-likeness (QED) is 0.411. The fraction of sp³-hybridized carbons (Fsp3) is 0.760. The zero-order valence-electron chi connectivity index (χ0n) is 19.7. The normalized spacial score (nSPS) is 43.3. The van der Waals surface area contributed by atoms with E-state index in [9.17, 15) is 34.5 Å². The zero-order valence-corrected chi connectivity index (χ0v) is 19.7. The molecule has 0 radical (unpaired) electrons. The van der Waals surface area contributed by atoms with Crippen molar-refractivity contribution in [3.8, 4) is 0 Å². The number of hydrogen-bond acceptors (Lipinski definition) is 8. The molecule has 4 aliphatic rings. The van der Waals surface area contributed by atoms with Crippen LogP contribution >= 0.6 is 0 Å². The minimum atomic E-state index is -1.80. The molecule has 0 aliphatic heterocycles. The molecule has 0 spiro atoms. The molecule has 3 fully saturated rings. The second-order valence-electron chi connectivity index (χ2n) is 11.1. The van der Waals surface area contributed by atoms with Crippen LogP contribution in [0.15, 0.2) is 11.6 Å². The van der Waals surface area contributed by atoms with Crippen molar-refractivity contribution in [1.29, 1.82) is 0 Å². The third-order valence-corrected chi connectivity index (χ3v) is 9.43. The van der Waals surface area contributed by atoms with E-state index in [-0.39, 0.29) is 42.8 Å². The average molecular weight is 479 g/mol. The van der Waals surface area contributed by atoms with Gasteiger partial charge in [0, 0.05) is 11.8 Å². The lowest BCUT2D eigenvalue weighted by Gasteiger charge is -2.61. The van der Waals surface area contributed by atoms with Crippen LogP contribution in [-0.2, 0) is 23.9 Å². The van der Waals surface area contributed by atoms with Crippen molar-refractivity contribution in [3.63, 3.8) is 0 Å². The van der Waals surface area contributed by atoms with Gasteiger partial charge < -0.3 is 25.2 Å². The van der Waals surface area contributed by atoms with Gasteiger partial charge in [0.1, 0.15) is 5.60 Å². The van der Waals surface area contributed by atoms with Crippen molar-refractivity contribution in [2.45, 2.75) is 83.0 Å². The van der Waals surface area contributed by atoms with Crippen molar-refractivity contribution in [2.24, 2.45) is 28.6 Å². The van der Waals surface area contributed by atoms with Crippen LogP contribution in [0.1, 0.15) is 65.2 Å². The Kier molecular flexibility index (Phi) is 6.28. The molecule has 4 rings (SSSR count). The van der Waals surface area contributed by atoms with Gasteiger partial charge in [-0.05, 0) is 66.9 Å². The number of carboxylic acid groups (broad SMARTS) is 1. The van der Waals surface area contributed by atoms with Crippen LogP contribution in [-0.4, -0.2) is 68.3 Å². The van der Waals surface area contributed by atoms with E-state index in [4.69, 9.17) is 9.84 Å². The first-order chi connectivity index (χ1) is 15.8. The highest BCUT2D eigenvalue weighted by Crippen LogP contribution is 2.67. The summed E-state index contributed by atoms with van der Waals surface area (Å²) >= 11 is 0. The van der Waals surface area contributed by atoms with E-state index in [1.54, 1.807) is 6.92 Å². The zero-order chi connectivity index (χ0) is 25.1. The first kappa shape index (κ1) is 25.0. The van der Waals surface area contributed by atoms with Crippen LogP contribution in [0.5, 0.6) is 0 Å². The summed E-state index contributed by atoms with van der Waals surface area (Å²) < 4.78 is 4.95.